The summed E-state index contributed by atoms with van der Waals surface area (Å²) in [7, 11) is 0. The summed E-state index contributed by atoms with van der Waals surface area (Å²) < 4.78 is 0. The van der Waals surface area contributed by atoms with Crippen LogP contribution in [0.2, 0.25) is 0 Å². The van der Waals surface area contributed by atoms with Crippen molar-refractivity contribution < 1.29 is 4.79 Å². The molecule has 0 radical (unpaired) electrons. The number of hydrogen-bond acceptors (Lipinski definition) is 3. The van der Waals surface area contributed by atoms with Gasteiger partial charge in [-0.15, -0.1) is 11.3 Å². The van der Waals surface area contributed by atoms with Crippen LogP contribution in [0.1, 0.15) is 52.3 Å². The molecule has 1 atom stereocenters. The van der Waals surface area contributed by atoms with Gasteiger partial charge in [0, 0.05) is 22.9 Å². The van der Waals surface area contributed by atoms with E-state index in [1.807, 2.05) is 6.92 Å². The quantitative estimate of drug-likeness (QED) is 0.773. The van der Waals surface area contributed by atoms with Crippen LogP contribution in [0.25, 0.3) is 0 Å². The Morgan fingerprint density at radius 2 is 2.00 bits per heavy atom. The molecule has 1 unspecified atom stereocenters. The lowest BCUT2D eigenvalue weighted by molar-refractivity contribution is -0.123. The maximum absolute atomic E-state index is 12.1. The fraction of sp³-hybridized carbons (Fsp3) is 0.688. The number of amides is 1. The Labute approximate surface area is 127 Å². The third-order valence-corrected chi connectivity index (χ3v) is 5.00. The van der Waals surface area contributed by atoms with Gasteiger partial charge in [0.15, 0.2) is 0 Å². The number of nitrogens with one attached hydrogen (secondary N) is 2. The largest absolute Gasteiger partial charge is 0.352 e. The van der Waals surface area contributed by atoms with Gasteiger partial charge >= 0.3 is 0 Å². The van der Waals surface area contributed by atoms with Crippen molar-refractivity contribution in [2.45, 2.75) is 65.0 Å². The highest BCUT2D eigenvalue weighted by atomic mass is 32.1. The Balaban J connectivity index is 2.46. The molecule has 0 aliphatic carbocycles. The first-order chi connectivity index (χ1) is 9.40. The first-order valence-corrected chi connectivity index (χ1v) is 8.36. The lowest BCUT2D eigenvalue weighted by Gasteiger charge is -2.26. The van der Waals surface area contributed by atoms with Crippen LogP contribution < -0.4 is 10.6 Å². The Morgan fingerprint density at radius 3 is 2.50 bits per heavy atom. The molecule has 0 saturated carbocycles. The molecule has 0 spiro atoms. The summed E-state index contributed by atoms with van der Waals surface area (Å²) in [5.41, 5.74) is 0.0532. The molecule has 114 valence electrons. The summed E-state index contributed by atoms with van der Waals surface area (Å²) >= 11 is 1.77. The highest BCUT2D eigenvalue weighted by Gasteiger charge is 2.24. The Bertz CT molecular complexity index is 397. The van der Waals surface area contributed by atoms with Gasteiger partial charge in [-0.1, -0.05) is 33.8 Å². The van der Waals surface area contributed by atoms with Crippen molar-refractivity contribution in [3.05, 3.63) is 22.4 Å². The monoisotopic (exact) mass is 296 g/mol. The van der Waals surface area contributed by atoms with E-state index in [0.29, 0.717) is 0 Å². The molecule has 0 fully saturated rings. The van der Waals surface area contributed by atoms with Crippen molar-refractivity contribution in [2.75, 3.05) is 6.54 Å². The second-order valence-corrected chi connectivity index (χ2v) is 6.93. The molecule has 3 nitrogen and oxygen atoms in total. The molecule has 20 heavy (non-hydrogen) atoms. The van der Waals surface area contributed by atoms with E-state index in [2.05, 4.69) is 55.8 Å². The fourth-order valence-electron chi connectivity index (χ4n) is 2.07. The minimum atomic E-state index is -0.158. The molecular formula is C16H28N2OS. The summed E-state index contributed by atoms with van der Waals surface area (Å²) in [5, 5.41) is 8.54. The average Bonchev–Trinajstić information content (AvgIpc) is 2.96. The number of carbonyl (C=O) groups excluding carboxylic acids is 1. The second kappa shape index (κ2) is 7.79. The average molecular weight is 296 g/mol. The molecule has 1 aromatic heterocycles. The van der Waals surface area contributed by atoms with E-state index >= 15 is 0 Å². The van der Waals surface area contributed by atoms with Crippen molar-refractivity contribution in [1.29, 1.82) is 0 Å². The predicted octanol–water partition coefficient (Wildman–Crippen LogP) is 3.31. The number of thiophene rings is 1. The highest BCUT2D eigenvalue weighted by molar-refractivity contribution is 7.10. The van der Waals surface area contributed by atoms with Gasteiger partial charge in [0.05, 0.1) is 6.04 Å². The zero-order valence-corrected chi connectivity index (χ0v) is 14.1. The van der Waals surface area contributed by atoms with Crippen LogP contribution in [0.3, 0.4) is 0 Å². The van der Waals surface area contributed by atoms with Crippen molar-refractivity contribution in [3.8, 4) is 0 Å². The SMILES string of the molecule is CCC(CC)NC(=O)C(C)NCC(C)(C)c1cccs1. The maximum atomic E-state index is 12.1. The van der Waals surface area contributed by atoms with Crippen LogP contribution in [0.15, 0.2) is 17.5 Å². The van der Waals surface area contributed by atoms with Crippen LogP contribution in [0, 0.1) is 0 Å². The number of carbonyl (C=O) groups is 1. The zero-order chi connectivity index (χ0) is 15.2. The lowest BCUT2D eigenvalue weighted by Crippen LogP contribution is -2.48. The van der Waals surface area contributed by atoms with Crippen molar-refractivity contribution in [3.63, 3.8) is 0 Å². The topological polar surface area (TPSA) is 41.1 Å². The molecule has 0 aliphatic rings. The predicted molar refractivity (Wildman–Crippen MR) is 87.3 cm³/mol. The molecule has 1 aromatic rings. The summed E-state index contributed by atoms with van der Waals surface area (Å²) in [5.74, 6) is 0.0979. The van der Waals surface area contributed by atoms with E-state index in [1.165, 1.54) is 4.88 Å². The van der Waals surface area contributed by atoms with Gasteiger partial charge in [0.25, 0.3) is 0 Å². The molecule has 0 bridgehead atoms. The van der Waals surface area contributed by atoms with Gasteiger partial charge < -0.3 is 10.6 Å². The van der Waals surface area contributed by atoms with Crippen LogP contribution in [-0.4, -0.2) is 24.5 Å². The standard InChI is InChI=1S/C16H28N2OS/c1-6-13(7-2)18-15(19)12(3)17-11-16(4,5)14-9-8-10-20-14/h8-10,12-13,17H,6-7,11H2,1-5H3,(H,18,19). The molecule has 2 N–H and O–H groups in total. The zero-order valence-electron chi connectivity index (χ0n) is 13.3. The third kappa shape index (κ3) is 4.91. The Kier molecular flexibility index (Phi) is 6.69. The summed E-state index contributed by atoms with van der Waals surface area (Å²) in [6.45, 7) is 11.3. The van der Waals surface area contributed by atoms with Gasteiger partial charge in [-0.2, -0.15) is 0 Å². The highest BCUT2D eigenvalue weighted by Crippen LogP contribution is 2.26. The van der Waals surface area contributed by atoms with Crippen molar-refractivity contribution in [2.24, 2.45) is 0 Å². The number of rotatable bonds is 8. The molecule has 0 saturated heterocycles. The molecular weight excluding hydrogens is 268 g/mol. The molecule has 1 rings (SSSR count). The maximum Gasteiger partial charge on any atom is 0.237 e. The van der Waals surface area contributed by atoms with E-state index in [-0.39, 0.29) is 23.4 Å². The molecule has 1 heterocycles. The van der Waals surface area contributed by atoms with Crippen molar-refractivity contribution in [1.82, 2.24) is 10.6 Å². The Morgan fingerprint density at radius 1 is 1.35 bits per heavy atom. The van der Waals surface area contributed by atoms with E-state index in [9.17, 15) is 4.79 Å². The van der Waals surface area contributed by atoms with E-state index < -0.39 is 0 Å². The summed E-state index contributed by atoms with van der Waals surface area (Å²) in [4.78, 5) is 13.4. The Hall–Kier alpha value is -0.870. The molecule has 0 aliphatic heterocycles. The van der Waals surface area contributed by atoms with E-state index in [1.54, 1.807) is 11.3 Å². The third-order valence-electron chi connectivity index (χ3n) is 3.76. The van der Waals surface area contributed by atoms with Gasteiger partial charge in [-0.25, -0.2) is 0 Å². The molecule has 0 aromatic carbocycles. The normalized spacial score (nSPS) is 13.5. The van der Waals surface area contributed by atoms with Gasteiger partial charge in [0.2, 0.25) is 5.91 Å². The fourth-order valence-corrected chi connectivity index (χ4v) is 2.92. The van der Waals surface area contributed by atoms with Gasteiger partial charge in [0.1, 0.15) is 0 Å². The first-order valence-electron chi connectivity index (χ1n) is 7.48. The summed E-state index contributed by atoms with van der Waals surface area (Å²) in [6, 6.07) is 4.36. The molecule has 1 amide bonds. The van der Waals surface area contributed by atoms with Crippen LogP contribution in [-0.2, 0) is 10.2 Å². The van der Waals surface area contributed by atoms with E-state index in [0.717, 1.165) is 19.4 Å². The van der Waals surface area contributed by atoms with Crippen LogP contribution in [0.5, 0.6) is 0 Å². The summed E-state index contributed by atoms with van der Waals surface area (Å²) in [6.07, 6.45) is 1.96. The van der Waals surface area contributed by atoms with Gasteiger partial charge in [-0.3, -0.25) is 4.79 Å². The number of hydrogen-bond donors (Lipinski definition) is 2. The lowest BCUT2D eigenvalue weighted by atomic mass is 9.91. The minimum absolute atomic E-state index is 0.0532. The van der Waals surface area contributed by atoms with Crippen LogP contribution >= 0.6 is 11.3 Å². The van der Waals surface area contributed by atoms with Gasteiger partial charge in [-0.05, 0) is 31.2 Å². The van der Waals surface area contributed by atoms with Crippen molar-refractivity contribution >= 4 is 17.2 Å². The minimum Gasteiger partial charge on any atom is -0.352 e. The molecule has 4 heteroatoms. The van der Waals surface area contributed by atoms with E-state index in [4.69, 9.17) is 0 Å². The second-order valence-electron chi connectivity index (χ2n) is 5.99. The smallest absolute Gasteiger partial charge is 0.237 e. The van der Waals surface area contributed by atoms with Crippen LogP contribution in [0.4, 0.5) is 0 Å². The first kappa shape index (κ1) is 17.2.